The maximum absolute atomic E-state index is 5.75. The number of hydrogen-bond donors (Lipinski definition) is 3. The van der Waals surface area contributed by atoms with Crippen molar-refractivity contribution in [3.8, 4) is 0 Å². The molecule has 0 radical (unpaired) electrons. The number of nitrogens with one attached hydrogen (secondary N) is 1. The number of halogens is 2. The fourth-order valence-electron chi connectivity index (χ4n) is 1.39. The van der Waals surface area contributed by atoms with Gasteiger partial charge in [-0.2, -0.15) is 0 Å². The van der Waals surface area contributed by atoms with Crippen molar-refractivity contribution >= 4 is 61.3 Å². The summed E-state index contributed by atoms with van der Waals surface area (Å²) in [6.07, 6.45) is 0. The Morgan fingerprint density at radius 1 is 0.941 bits per heavy atom. The molecule has 0 aliphatic rings. The largest absolute Gasteiger partial charge is 0.397 e. The lowest BCUT2D eigenvalue weighted by atomic mass is 10.2. The van der Waals surface area contributed by atoms with Gasteiger partial charge in [0.05, 0.1) is 11.4 Å². The van der Waals surface area contributed by atoms with Gasteiger partial charge in [-0.15, -0.1) is 0 Å². The zero-order valence-electron chi connectivity index (χ0n) is 8.87. The summed E-state index contributed by atoms with van der Waals surface area (Å²) in [4.78, 5) is 0. The minimum absolute atomic E-state index is 0.583. The van der Waals surface area contributed by atoms with E-state index in [0.717, 1.165) is 15.8 Å². The molecule has 5 N–H and O–H groups in total. The summed E-state index contributed by atoms with van der Waals surface area (Å²) in [6.45, 7) is 0. The fourth-order valence-corrected chi connectivity index (χ4v) is 2.11. The normalized spacial score (nSPS) is 10.2. The molecule has 5 heteroatoms. The molecule has 0 saturated heterocycles. The van der Waals surface area contributed by atoms with Gasteiger partial charge >= 0.3 is 0 Å². The minimum atomic E-state index is 0.583. The third-order valence-electron chi connectivity index (χ3n) is 2.30. The summed E-state index contributed by atoms with van der Waals surface area (Å²) in [5.41, 5.74) is 14.5. The van der Waals surface area contributed by atoms with Crippen molar-refractivity contribution in [3.63, 3.8) is 0 Å². The topological polar surface area (TPSA) is 64.1 Å². The van der Waals surface area contributed by atoms with Crippen LogP contribution in [0, 0.1) is 3.57 Å². The Labute approximate surface area is 122 Å². The molecule has 0 unspecified atom stereocenters. The summed E-state index contributed by atoms with van der Waals surface area (Å²) >= 11 is 5.76. The Kier molecular flexibility index (Phi) is 3.78. The first-order chi connectivity index (χ1) is 8.06. The highest BCUT2D eigenvalue weighted by Crippen LogP contribution is 2.27. The number of rotatable bonds is 2. The molecule has 0 aliphatic heterocycles. The zero-order chi connectivity index (χ0) is 12.4. The number of benzene rings is 2. The van der Waals surface area contributed by atoms with Crippen LogP contribution in [0.15, 0.2) is 40.9 Å². The lowest BCUT2D eigenvalue weighted by Crippen LogP contribution is -1.97. The van der Waals surface area contributed by atoms with E-state index in [0.29, 0.717) is 11.4 Å². The molecule has 3 nitrogen and oxygen atoms in total. The number of nitrogen functional groups attached to an aromatic ring is 2. The molecule has 0 amide bonds. The summed E-state index contributed by atoms with van der Waals surface area (Å²) in [7, 11) is 0. The minimum Gasteiger partial charge on any atom is -0.397 e. The van der Waals surface area contributed by atoms with Gasteiger partial charge in [-0.25, -0.2) is 0 Å². The van der Waals surface area contributed by atoms with Crippen LogP contribution in [-0.4, -0.2) is 0 Å². The van der Waals surface area contributed by atoms with E-state index in [-0.39, 0.29) is 0 Å². The molecular weight excluding hydrogens is 393 g/mol. The fraction of sp³-hybridized carbons (Fsp3) is 0. The highest BCUT2D eigenvalue weighted by atomic mass is 127. The second-order valence-corrected chi connectivity index (χ2v) is 5.61. The van der Waals surface area contributed by atoms with E-state index in [4.69, 9.17) is 11.5 Å². The van der Waals surface area contributed by atoms with Crippen molar-refractivity contribution < 1.29 is 0 Å². The average molecular weight is 404 g/mol. The molecule has 2 aromatic rings. The van der Waals surface area contributed by atoms with Crippen LogP contribution in [-0.2, 0) is 0 Å². The van der Waals surface area contributed by atoms with Crippen molar-refractivity contribution in [1.82, 2.24) is 0 Å². The maximum Gasteiger partial charge on any atom is 0.0568 e. The van der Waals surface area contributed by atoms with E-state index in [1.165, 1.54) is 3.57 Å². The number of nitrogens with two attached hydrogens (primary N) is 2. The van der Waals surface area contributed by atoms with Crippen molar-refractivity contribution in [3.05, 3.63) is 44.4 Å². The predicted octanol–water partition coefficient (Wildman–Crippen LogP) is 3.96. The van der Waals surface area contributed by atoms with Gasteiger partial charge in [0.25, 0.3) is 0 Å². The van der Waals surface area contributed by atoms with Crippen molar-refractivity contribution in [2.45, 2.75) is 0 Å². The lowest BCUT2D eigenvalue weighted by Gasteiger charge is -2.09. The van der Waals surface area contributed by atoms with Gasteiger partial charge in [-0.3, -0.25) is 0 Å². The Balaban J connectivity index is 2.25. The Hall–Kier alpha value is -0.950. The summed E-state index contributed by atoms with van der Waals surface area (Å²) in [5, 5.41) is 3.27. The SMILES string of the molecule is Nc1ccc(Nc2ccc(I)c(Br)c2)cc1N. The van der Waals surface area contributed by atoms with Crippen molar-refractivity contribution in [2.75, 3.05) is 16.8 Å². The summed E-state index contributed by atoms with van der Waals surface area (Å²) in [5.74, 6) is 0. The summed E-state index contributed by atoms with van der Waals surface area (Å²) < 4.78 is 2.23. The summed E-state index contributed by atoms with van der Waals surface area (Å²) in [6, 6.07) is 11.6. The van der Waals surface area contributed by atoms with Gasteiger partial charge in [0.1, 0.15) is 0 Å². The quantitative estimate of drug-likeness (QED) is 0.525. The monoisotopic (exact) mass is 403 g/mol. The third-order valence-corrected chi connectivity index (χ3v) is 4.63. The van der Waals surface area contributed by atoms with Crippen molar-refractivity contribution in [2.24, 2.45) is 0 Å². The first-order valence-electron chi connectivity index (χ1n) is 4.93. The molecule has 2 rings (SSSR count). The van der Waals surface area contributed by atoms with Crippen LogP contribution in [0.2, 0.25) is 0 Å². The Morgan fingerprint density at radius 2 is 1.59 bits per heavy atom. The number of anilines is 4. The number of hydrogen-bond acceptors (Lipinski definition) is 3. The molecule has 17 heavy (non-hydrogen) atoms. The molecule has 0 bridgehead atoms. The van der Waals surface area contributed by atoms with Crippen LogP contribution in [0.4, 0.5) is 22.7 Å². The van der Waals surface area contributed by atoms with Gasteiger partial charge < -0.3 is 16.8 Å². The van der Waals surface area contributed by atoms with Gasteiger partial charge in [-0.05, 0) is 74.9 Å². The second kappa shape index (κ2) is 5.14. The van der Waals surface area contributed by atoms with Crippen molar-refractivity contribution in [1.29, 1.82) is 0 Å². The van der Waals surface area contributed by atoms with Gasteiger partial charge in [0.15, 0.2) is 0 Å². The molecule has 88 valence electrons. The van der Waals surface area contributed by atoms with Gasteiger partial charge in [0.2, 0.25) is 0 Å². The van der Waals surface area contributed by atoms with Crippen LogP contribution in [0.1, 0.15) is 0 Å². The van der Waals surface area contributed by atoms with E-state index < -0.39 is 0 Å². The van der Waals surface area contributed by atoms with Gasteiger partial charge in [0, 0.05) is 19.4 Å². The Morgan fingerprint density at radius 3 is 2.24 bits per heavy atom. The zero-order valence-corrected chi connectivity index (χ0v) is 12.6. The molecule has 2 aromatic carbocycles. The third kappa shape index (κ3) is 3.04. The molecule has 0 spiro atoms. The molecule has 0 aromatic heterocycles. The average Bonchev–Trinajstić information content (AvgIpc) is 2.29. The van der Waals surface area contributed by atoms with Crippen LogP contribution >= 0.6 is 38.5 Å². The standard InChI is InChI=1S/C12H11BrIN3/c13-9-5-7(1-3-10(9)14)17-8-2-4-11(15)12(16)6-8/h1-6,17H,15-16H2. The van der Waals surface area contributed by atoms with E-state index >= 15 is 0 Å². The maximum atomic E-state index is 5.75. The molecule has 0 aliphatic carbocycles. The van der Waals surface area contributed by atoms with E-state index in [1.807, 2.05) is 30.3 Å². The van der Waals surface area contributed by atoms with E-state index in [1.54, 1.807) is 6.07 Å². The Bertz CT molecular complexity index is 508. The smallest absolute Gasteiger partial charge is 0.0568 e. The first-order valence-corrected chi connectivity index (χ1v) is 6.80. The van der Waals surface area contributed by atoms with E-state index in [2.05, 4.69) is 43.8 Å². The van der Waals surface area contributed by atoms with Crippen LogP contribution in [0.5, 0.6) is 0 Å². The van der Waals surface area contributed by atoms with E-state index in [9.17, 15) is 0 Å². The van der Waals surface area contributed by atoms with Crippen LogP contribution < -0.4 is 16.8 Å². The molecule has 0 fully saturated rings. The molecular formula is C12H11BrIN3. The molecule has 0 atom stereocenters. The first kappa shape index (κ1) is 12.5. The highest BCUT2D eigenvalue weighted by Gasteiger charge is 2.01. The second-order valence-electron chi connectivity index (χ2n) is 3.60. The van der Waals surface area contributed by atoms with Crippen LogP contribution in [0.3, 0.4) is 0 Å². The lowest BCUT2D eigenvalue weighted by molar-refractivity contribution is 1.51. The molecule has 0 saturated carbocycles. The highest BCUT2D eigenvalue weighted by molar-refractivity contribution is 14.1. The predicted molar refractivity (Wildman–Crippen MR) is 85.4 cm³/mol. The molecule has 0 heterocycles. The van der Waals surface area contributed by atoms with Crippen LogP contribution in [0.25, 0.3) is 0 Å². The van der Waals surface area contributed by atoms with Gasteiger partial charge in [-0.1, -0.05) is 0 Å².